The summed E-state index contributed by atoms with van der Waals surface area (Å²) in [5.74, 6) is 0.839. The maximum absolute atomic E-state index is 12.6. The van der Waals surface area contributed by atoms with Gasteiger partial charge < -0.3 is 9.64 Å². The molecular weight excluding hydrogens is 389 g/mol. The second-order valence-corrected chi connectivity index (χ2v) is 6.58. The first-order valence-electron chi connectivity index (χ1n) is 7.17. The van der Waals surface area contributed by atoms with Crippen LogP contribution in [0.4, 0.5) is 5.69 Å². The van der Waals surface area contributed by atoms with Crippen molar-refractivity contribution in [3.8, 4) is 5.75 Å². The molecule has 1 atom stereocenters. The predicted octanol–water partition coefficient (Wildman–Crippen LogP) is 4.14. The largest absolute Gasteiger partial charge is 0.497 e. The molecule has 0 aliphatic carbocycles. The van der Waals surface area contributed by atoms with Crippen LogP contribution in [0.15, 0.2) is 48.5 Å². The first-order valence-corrected chi connectivity index (χ1v) is 8.25. The first-order chi connectivity index (χ1) is 10.5. The molecule has 0 fully saturated rings. The predicted molar refractivity (Wildman–Crippen MR) is 98.4 cm³/mol. The Hall–Kier alpha value is -1.56. The van der Waals surface area contributed by atoms with Gasteiger partial charge >= 0.3 is 0 Å². The fraction of sp³-hybridized carbons (Fsp3) is 0.278. The van der Waals surface area contributed by atoms with Crippen molar-refractivity contribution in [2.45, 2.75) is 13.3 Å². The number of hydrogen-bond acceptors (Lipinski definition) is 2. The van der Waals surface area contributed by atoms with E-state index in [1.54, 1.807) is 12.0 Å². The van der Waals surface area contributed by atoms with Gasteiger partial charge in [-0.1, -0.05) is 19.1 Å². The monoisotopic (exact) mass is 409 g/mol. The molecular formula is C18H20INO2. The Morgan fingerprint density at radius 2 is 1.91 bits per heavy atom. The van der Waals surface area contributed by atoms with Crippen molar-refractivity contribution in [3.63, 3.8) is 0 Å². The maximum atomic E-state index is 12.6. The van der Waals surface area contributed by atoms with E-state index in [0.717, 1.165) is 17.9 Å². The van der Waals surface area contributed by atoms with Crippen LogP contribution in [0.1, 0.15) is 12.5 Å². The third kappa shape index (κ3) is 4.22. The van der Waals surface area contributed by atoms with Crippen LogP contribution in [-0.4, -0.2) is 20.1 Å². The summed E-state index contributed by atoms with van der Waals surface area (Å²) in [6.45, 7) is 1.97. The Labute approximate surface area is 145 Å². The molecule has 0 spiro atoms. The van der Waals surface area contributed by atoms with Crippen molar-refractivity contribution in [1.29, 1.82) is 0 Å². The smallest absolute Gasteiger partial charge is 0.229 e. The fourth-order valence-electron chi connectivity index (χ4n) is 2.37. The molecule has 2 rings (SSSR count). The third-order valence-corrected chi connectivity index (χ3v) is 4.31. The lowest BCUT2D eigenvalue weighted by Crippen LogP contribution is -2.32. The van der Waals surface area contributed by atoms with Crippen LogP contribution in [0.5, 0.6) is 5.75 Å². The highest BCUT2D eigenvalue weighted by Gasteiger charge is 2.19. The zero-order valence-corrected chi connectivity index (χ0v) is 15.2. The number of amides is 1. The van der Waals surface area contributed by atoms with Crippen LogP contribution < -0.4 is 9.64 Å². The highest BCUT2D eigenvalue weighted by atomic mass is 127. The minimum atomic E-state index is -0.0645. The Morgan fingerprint density at radius 3 is 2.50 bits per heavy atom. The van der Waals surface area contributed by atoms with Gasteiger partial charge in [-0.15, -0.1) is 0 Å². The zero-order chi connectivity index (χ0) is 16.1. The molecule has 116 valence electrons. The number of anilines is 1. The Bertz CT molecular complexity index is 640. The molecule has 1 amide bonds. The van der Waals surface area contributed by atoms with Gasteiger partial charge in [-0.05, 0) is 71.0 Å². The normalized spacial score (nSPS) is 11.8. The van der Waals surface area contributed by atoms with Gasteiger partial charge in [0.1, 0.15) is 5.75 Å². The zero-order valence-electron chi connectivity index (χ0n) is 13.0. The van der Waals surface area contributed by atoms with Crippen LogP contribution in [0.25, 0.3) is 0 Å². The minimum absolute atomic E-state index is 0.0645. The molecule has 0 saturated carbocycles. The van der Waals surface area contributed by atoms with E-state index in [4.69, 9.17) is 4.74 Å². The molecule has 4 heteroatoms. The molecule has 0 aromatic heterocycles. The van der Waals surface area contributed by atoms with E-state index in [1.807, 2.05) is 44.3 Å². The molecule has 3 nitrogen and oxygen atoms in total. The van der Waals surface area contributed by atoms with Crippen molar-refractivity contribution < 1.29 is 9.53 Å². The van der Waals surface area contributed by atoms with Crippen molar-refractivity contribution in [2.75, 3.05) is 19.1 Å². The van der Waals surface area contributed by atoms with E-state index >= 15 is 0 Å². The number of benzene rings is 2. The first kappa shape index (κ1) is 16.8. The molecule has 2 aromatic rings. The van der Waals surface area contributed by atoms with E-state index in [0.29, 0.717) is 0 Å². The number of ether oxygens (including phenoxy) is 1. The van der Waals surface area contributed by atoms with E-state index in [2.05, 4.69) is 40.8 Å². The Balaban J connectivity index is 2.05. The Kier molecular flexibility index (Phi) is 5.83. The van der Waals surface area contributed by atoms with E-state index in [-0.39, 0.29) is 11.8 Å². The number of hydrogen-bond donors (Lipinski definition) is 0. The SMILES string of the molecule is COc1ccc(N(C)C(=O)[C@@H](C)Cc2cccc(I)c2)cc1. The van der Waals surface area contributed by atoms with E-state index in [1.165, 1.54) is 9.13 Å². The highest BCUT2D eigenvalue weighted by molar-refractivity contribution is 14.1. The lowest BCUT2D eigenvalue weighted by Gasteiger charge is -2.22. The molecule has 0 N–H and O–H groups in total. The van der Waals surface area contributed by atoms with Gasteiger partial charge in [0.25, 0.3) is 0 Å². The molecule has 0 aliphatic heterocycles. The van der Waals surface area contributed by atoms with Crippen LogP contribution in [0.3, 0.4) is 0 Å². The average Bonchev–Trinajstić information content (AvgIpc) is 2.53. The van der Waals surface area contributed by atoms with Crippen LogP contribution in [0.2, 0.25) is 0 Å². The van der Waals surface area contributed by atoms with Crippen LogP contribution in [0, 0.1) is 9.49 Å². The van der Waals surface area contributed by atoms with Gasteiger partial charge in [-0.3, -0.25) is 4.79 Å². The summed E-state index contributed by atoms with van der Waals surface area (Å²) in [6, 6.07) is 15.8. The second-order valence-electron chi connectivity index (χ2n) is 5.33. The summed E-state index contributed by atoms with van der Waals surface area (Å²) >= 11 is 2.29. The van der Waals surface area contributed by atoms with E-state index < -0.39 is 0 Å². The number of halogens is 1. The molecule has 22 heavy (non-hydrogen) atoms. The molecule has 2 aromatic carbocycles. The highest BCUT2D eigenvalue weighted by Crippen LogP contribution is 2.21. The standard InChI is InChI=1S/C18H20INO2/c1-13(11-14-5-4-6-15(19)12-14)18(21)20(2)16-7-9-17(22-3)10-8-16/h4-10,12-13H,11H2,1-3H3/t13-/m0/s1. The molecule has 0 unspecified atom stereocenters. The van der Waals surface area contributed by atoms with Gasteiger partial charge in [0, 0.05) is 22.2 Å². The molecule has 0 bridgehead atoms. The van der Waals surface area contributed by atoms with Crippen LogP contribution in [-0.2, 0) is 11.2 Å². The topological polar surface area (TPSA) is 29.5 Å². The number of nitrogens with zero attached hydrogens (tertiary/aromatic N) is 1. The number of methoxy groups -OCH3 is 1. The molecule has 0 aliphatic rings. The van der Waals surface area contributed by atoms with Crippen molar-refractivity contribution >= 4 is 34.2 Å². The Morgan fingerprint density at radius 1 is 1.23 bits per heavy atom. The summed E-state index contributed by atoms with van der Waals surface area (Å²) in [6.07, 6.45) is 0.746. The maximum Gasteiger partial charge on any atom is 0.229 e. The molecule has 0 saturated heterocycles. The van der Waals surface area contributed by atoms with Gasteiger partial charge in [-0.25, -0.2) is 0 Å². The summed E-state index contributed by atoms with van der Waals surface area (Å²) in [5.41, 5.74) is 2.07. The summed E-state index contributed by atoms with van der Waals surface area (Å²) in [4.78, 5) is 14.3. The van der Waals surface area contributed by atoms with Gasteiger partial charge in [0.15, 0.2) is 0 Å². The van der Waals surface area contributed by atoms with Crippen molar-refractivity contribution in [3.05, 3.63) is 57.7 Å². The van der Waals surface area contributed by atoms with Gasteiger partial charge in [-0.2, -0.15) is 0 Å². The van der Waals surface area contributed by atoms with Crippen molar-refractivity contribution in [2.24, 2.45) is 5.92 Å². The minimum Gasteiger partial charge on any atom is -0.497 e. The lowest BCUT2D eigenvalue weighted by molar-refractivity contribution is -0.121. The van der Waals surface area contributed by atoms with E-state index in [9.17, 15) is 4.79 Å². The molecule has 0 heterocycles. The molecule has 0 radical (unpaired) electrons. The summed E-state index contributed by atoms with van der Waals surface area (Å²) < 4.78 is 6.34. The number of carbonyl (C=O) groups excluding carboxylic acids is 1. The third-order valence-electron chi connectivity index (χ3n) is 3.64. The quantitative estimate of drug-likeness (QED) is 0.695. The summed E-state index contributed by atoms with van der Waals surface area (Å²) in [5, 5.41) is 0. The average molecular weight is 409 g/mol. The number of rotatable bonds is 5. The number of carbonyl (C=O) groups is 1. The van der Waals surface area contributed by atoms with Gasteiger partial charge in [0.2, 0.25) is 5.91 Å². The van der Waals surface area contributed by atoms with Crippen molar-refractivity contribution in [1.82, 2.24) is 0 Å². The van der Waals surface area contributed by atoms with Crippen LogP contribution >= 0.6 is 22.6 Å². The summed E-state index contributed by atoms with van der Waals surface area (Å²) in [7, 11) is 3.45. The van der Waals surface area contributed by atoms with Gasteiger partial charge in [0.05, 0.1) is 7.11 Å². The lowest BCUT2D eigenvalue weighted by atomic mass is 10.00. The fourth-order valence-corrected chi connectivity index (χ4v) is 2.98. The second kappa shape index (κ2) is 7.63.